The molecule has 0 unspecified atom stereocenters. The molecule has 1 aromatic rings. The molecule has 5 nitrogen and oxygen atoms in total. The molecule has 0 aliphatic heterocycles. The van der Waals surface area contributed by atoms with Gasteiger partial charge in [0.05, 0.1) is 0 Å². The Morgan fingerprint density at radius 2 is 2.36 bits per heavy atom. The van der Waals surface area contributed by atoms with Crippen LogP contribution >= 0.6 is 0 Å². The number of aromatic carboxylic acids is 1. The summed E-state index contributed by atoms with van der Waals surface area (Å²) in [7, 11) is 0. The number of nitrogens with zero attached hydrogens (tertiary/aromatic N) is 2. The molecule has 1 heterocycles. The van der Waals surface area contributed by atoms with Crippen LogP contribution in [0, 0.1) is 12.1 Å². The van der Waals surface area contributed by atoms with Crippen LogP contribution in [0.15, 0.2) is 12.4 Å². The molecule has 0 aliphatic rings. The van der Waals surface area contributed by atoms with E-state index in [9.17, 15) is 10.0 Å². The maximum Gasteiger partial charge on any atom is 0.360 e. The summed E-state index contributed by atoms with van der Waals surface area (Å²) in [4.78, 5) is 13.9. The fourth-order valence-electron chi connectivity index (χ4n) is 0.693. The molecule has 0 aliphatic carbocycles. The lowest BCUT2D eigenvalue weighted by molar-refractivity contribution is -0.606. The maximum atomic E-state index is 10.6. The molecule has 0 fully saturated rings. The minimum absolute atomic E-state index is 0.236. The lowest BCUT2D eigenvalue weighted by Gasteiger charge is -1.97. The number of hydrogen-bond donors (Lipinski definition) is 1. The molecule has 0 radical (unpaired) electrons. The van der Waals surface area contributed by atoms with Gasteiger partial charge in [-0.1, -0.05) is 0 Å². The summed E-state index contributed by atoms with van der Waals surface area (Å²) in [5.74, 6) is -1.20. The molecular weight excluding hydrogens is 148 g/mol. The van der Waals surface area contributed by atoms with Crippen LogP contribution < -0.4 is 4.73 Å². The van der Waals surface area contributed by atoms with Crippen molar-refractivity contribution in [2.45, 2.75) is 6.92 Å². The van der Waals surface area contributed by atoms with Crippen molar-refractivity contribution >= 4 is 5.97 Å². The van der Waals surface area contributed by atoms with E-state index in [-0.39, 0.29) is 5.69 Å². The Morgan fingerprint density at radius 3 is 2.82 bits per heavy atom. The van der Waals surface area contributed by atoms with Gasteiger partial charge >= 0.3 is 5.97 Å². The molecule has 58 valence electrons. The molecule has 11 heavy (non-hydrogen) atoms. The zero-order chi connectivity index (χ0) is 8.43. The van der Waals surface area contributed by atoms with Crippen LogP contribution in [0.3, 0.4) is 0 Å². The number of carboxylic acids is 1. The predicted molar refractivity (Wildman–Crippen MR) is 34.9 cm³/mol. The van der Waals surface area contributed by atoms with Crippen molar-refractivity contribution in [3.63, 3.8) is 0 Å². The molecule has 1 aromatic heterocycles. The number of aromatic nitrogens is 2. The zero-order valence-electron chi connectivity index (χ0n) is 5.81. The van der Waals surface area contributed by atoms with Crippen LogP contribution in [0.25, 0.3) is 0 Å². The second-order valence-corrected chi connectivity index (χ2v) is 2.06. The highest BCUT2D eigenvalue weighted by Crippen LogP contribution is 1.91. The minimum Gasteiger partial charge on any atom is -0.619 e. The van der Waals surface area contributed by atoms with Gasteiger partial charge in [-0.05, 0) is 6.92 Å². The first-order valence-electron chi connectivity index (χ1n) is 2.90. The van der Waals surface area contributed by atoms with Crippen LogP contribution in [-0.2, 0) is 0 Å². The molecule has 0 bridgehead atoms. The summed E-state index contributed by atoms with van der Waals surface area (Å²) in [5.41, 5.74) is 0.153. The number of carbonyl (C=O) groups is 1. The van der Waals surface area contributed by atoms with E-state index in [1.54, 1.807) is 6.92 Å². The monoisotopic (exact) mass is 154 g/mol. The van der Waals surface area contributed by atoms with Gasteiger partial charge in [-0.2, -0.15) is 4.73 Å². The van der Waals surface area contributed by atoms with E-state index in [2.05, 4.69) is 4.98 Å². The molecule has 0 aromatic carbocycles. The second-order valence-electron chi connectivity index (χ2n) is 2.06. The van der Waals surface area contributed by atoms with Crippen LogP contribution in [0.2, 0.25) is 0 Å². The van der Waals surface area contributed by atoms with E-state index in [1.165, 1.54) is 6.20 Å². The van der Waals surface area contributed by atoms with E-state index in [0.717, 1.165) is 6.20 Å². The topological polar surface area (TPSA) is 77.1 Å². The predicted octanol–water partition coefficient (Wildman–Crippen LogP) is -0.278. The minimum atomic E-state index is -1.20. The number of hydrogen-bond acceptors (Lipinski definition) is 3. The van der Waals surface area contributed by atoms with E-state index < -0.39 is 5.97 Å². The van der Waals surface area contributed by atoms with Gasteiger partial charge in [-0.3, -0.25) is 0 Å². The first kappa shape index (κ1) is 7.46. The van der Waals surface area contributed by atoms with Gasteiger partial charge < -0.3 is 10.3 Å². The van der Waals surface area contributed by atoms with Crippen molar-refractivity contribution in [1.29, 1.82) is 0 Å². The Hall–Kier alpha value is -1.65. The average Bonchev–Trinajstić information content (AvgIpc) is 1.85. The van der Waals surface area contributed by atoms with Crippen molar-refractivity contribution in [3.05, 3.63) is 29.0 Å². The quantitative estimate of drug-likeness (QED) is 0.445. The first-order valence-corrected chi connectivity index (χ1v) is 2.90. The summed E-state index contributed by atoms with van der Waals surface area (Å²) in [6.45, 7) is 1.56. The second kappa shape index (κ2) is 2.53. The van der Waals surface area contributed by atoms with Crippen molar-refractivity contribution < 1.29 is 14.6 Å². The molecule has 1 N–H and O–H groups in total. The standard InChI is InChI=1S/C6H6N2O3/c1-4-2-8(11)3-5(7-4)6(9)10/h2-3H,1H3,(H,9,10). The van der Waals surface area contributed by atoms with Gasteiger partial charge in [-0.15, -0.1) is 0 Å². The average molecular weight is 154 g/mol. The molecule has 0 atom stereocenters. The third-order valence-electron chi connectivity index (χ3n) is 1.08. The van der Waals surface area contributed by atoms with Gasteiger partial charge in [0, 0.05) is 0 Å². The summed E-state index contributed by atoms with van der Waals surface area (Å²) in [5, 5.41) is 19.0. The van der Waals surface area contributed by atoms with E-state index in [0.29, 0.717) is 10.4 Å². The summed E-state index contributed by atoms with van der Waals surface area (Å²) in [6, 6.07) is 0. The van der Waals surface area contributed by atoms with Crippen LogP contribution in [0.5, 0.6) is 0 Å². The normalized spacial score (nSPS) is 9.55. The van der Waals surface area contributed by atoms with Crippen LogP contribution in [-0.4, -0.2) is 16.1 Å². The Morgan fingerprint density at radius 1 is 1.73 bits per heavy atom. The fourth-order valence-corrected chi connectivity index (χ4v) is 0.693. The highest BCUT2D eigenvalue weighted by molar-refractivity contribution is 5.84. The van der Waals surface area contributed by atoms with Gasteiger partial charge in [0.2, 0.25) is 18.1 Å². The van der Waals surface area contributed by atoms with Gasteiger partial charge in [-0.25, -0.2) is 9.78 Å². The Kier molecular flexibility index (Phi) is 1.72. The largest absolute Gasteiger partial charge is 0.619 e. The fraction of sp³-hybridized carbons (Fsp3) is 0.167. The number of rotatable bonds is 1. The zero-order valence-corrected chi connectivity index (χ0v) is 5.81. The molecular formula is C6H6N2O3. The third kappa shape index (κ3) is 1.64. The molecule has 5 heteroatoms. The smallest absolute Gasteiger partial charge is 0.360 e. The highest BCUT2D eigenvalue weighted by atomic mass is 16.5. The number of aryl methyl sites for hydroxylation is 1. The van der Waals surface area contributed by atoms with Crippen LogP contribution in [0.1, 0.15) is 16.2 Å². The molecule has 0 saturated heterocycles. The molecule has 0 amide bonds. The Bertz CT molecular complexity index is 278. The third-order valence-corrected chi connectivity index (χ3v) is 1.08. The van der Waals surface area contributed by atoms with Crippen molar-refractivity contribution in [2.75, 3.05) is 0 Å². The van der Waals surface area contributed by atoms with E-state index in [4.69, 9.17) is 5.11 Å². The Balaban J connectivity index is 3.19. The van der Waals surface area contributed by atoms with Crippen molar-refractivity contribution in [2.24, 2.45) is 0 Å². The van der Waals surface area contributed by atoms with Crippen molar-refractivity contribution in [3.8, 4) is 0 Å². The lowest BCUT2D eigenvalue weighted by atomic mass is 10.4. The Labute approximate surface area is 62.5 Å². The maximum absolute atomic E-state index is 10.6. The van der Waals surface area contributed by atoms with E-state index >= 15 is 0 Å². The summed E-state index contributed by atoms with van der Waals surface area (Å²) in [6.07, 6.45) is 2.11. The SMILES string of the molecule is Cc1c[n+]([O-])cc(C(=O)O)n1. The van der Waals surface area contributed by atoms with Crippen LogP contribution in [0.4, 0.5) is 0 Å². The molecule has 1 rings (SSSR count). The summed E-state index contributed by atoms with van der Waals surface area (Å²) >= 11 is 0. The van der Waals surface area contributed by atoms with Crippen molar-refractivity contribution in [1.82, 2.24) is 4.98 Å². The van der Waals surface area contributed by atoms with Gasteiger partial charge in [0.15, 0.2) is 0 Å². The number of carboxylic acid groups (broad SMARTS) is 1. The van der Waals surface area contributed by atoms with Gasteiger partial charge in [0.25, 0.3) is 0 Å². The highest BCUT2D eigenvalue weighted by Gasteiger charge is 2.08. The lowest BCUT2D eigenvalue weighted by Crippen LogP contribution is -2.28. The first-order chi connectivity index (χ1) is 5.09. The van der Waals surface area contributed by atoms with Gasteiger partial charge in [0.1, 0.15) is 5.69 Å². The molecule has 0 saturated carbocycles. The molecule has 0 spiro atoms. The van der Waals surface area contributed by atoms with E-state index in [1.807, 2.05) is 0 Å². The summed E-state index contributed by atoms with van der Waals surface area (Å²) < 4.78 is 0.422.